The van der Waals surface area contributed by atoms with Gasteiger partial charge in [0.05, 0.1) is 12.1 Å². The summed E-state index contributed by atoms with van der Waals surface area (Å²) in [5, 5.41) is 4.37. The second-order valence-corrected chi connectivity index (χ2v) is 4.16. The first kappa shape index (κ1) is 13.1. The normalized spacial score (nSPS) is 11.2. The number of halogens is 1. The highest BCUT2D eigenvalue weighted by molar-refractivity contribution is 5.80. The van der Waals surface area contributed by atoms with E-state index in [9.17, 15) is 4.39 Å². The second kappa shape index (κ2) is 6.52. The van der Waals surface area contributed by atoms with Crippen LogP contribution in [0.15, 0.2) is 30.5 Å². The van der Waals surface area contributed by atoms with Gasteiger partial charge in [0.15, 0.2) is 0 Å². The van der Waals surface area contributed by atoms with E-state index >= 15 is 0 Å². The van der Waals surface area contributed by atoms with Crippen LogP contribution in [-0.4, -0.2) is 30.9 Å². The molecular formula is C14H19FN2O. The predicted octanol–water partition coefficient (Wildman–Crippen LogP) is 2.41. The summed E-state index contributed by atoms with van der Waals surface area (Å²) >= 11 is 0. The van der Waals surface area contributed by atoms with Gasteiger partial charge in [0.1, 0.15) is 5.82 Å². The quantitative estimate of drug-likeness (QED) is 0.764. The van der Waals surface area contributed by atoms with Crippen LogP contribution in [0.4, 0.5) is 4.39 Å². The van der Waals surface area contributed by atoms with Crippen molar-refractivity contribution in [1.29, 1.82) is 0 Å². The zero-order chi connectivity index (χ0) is 12.8. The van der Waals surface area contributed by atoms with E-state index in [1.807, 2.05) is 25.3 Å². The summed E-state index contributed by atoms with van der Waals surface area (Å²) in [6.07, 6.45) is 1.99. The Balaban J connectivity index is 1.86. The molecule has 1 N–H and O–H groups in total. The van der Waals surface area contributed by atoms with Crippen molar-refractivity contribution >= 4 is 10.9 Å². The minimum absolute atomic E-state index is 0.188. The van der Waals surface area contributed by atoms with E-state index in [0.29, 0.717) is 0 Å². The smallest absolute Gasteiger partial charge is 0.125 e. The van der Waals surface area contributed by atoms with Crippen LogP contribution in [0.3, 0.4) is 0 Å². The maximum atomic E-state index is 13.2. The molecule has 0 unspecified atom stereocenters. The van der Waals surface area contributed by atoms with Gasteiger partial charge in [-0.2, -0.15) is 0 Å². The molecule has 0 aliphatic heterocycles. The van der Waals surface area contributed by atoms with E-state index in [1.54, 1.807) is 6.07 Å². The van der Waals surface area contributed by atoms with Crippen LogP contribution in [0.25, 0.3) is 10.9 Å². The van der Waals surface area contributed by atoms with Gasteiger partial charge in [-0.05, 0) is 36.6 Å². The maximum Gasteiger partial charge on any atom is 0.125 e. The third kappa shape index (κ3) is 3.31. The summed E-state index contributed by atoms with van der Waals surface area (Å²) < 4.78 is 20.5. The molecule has 4 heteroatoms. The summed E-state index contributed by atoms with van der Waals surface area (Å²) in [4.78, 5) is 0. The molecule has 1 heterocycles. The van der Waals surface area contributed by atoms with Gasteiger partial charge in [0, 0.05) is 32.4 Å². The van der Waals surface area contributed by atoms with Gasteiger partial charge in [-0.15, -0.1) is 0 Å². The summed E-state index contributed by atoms with van der Waals surface area (Å²) in [5.41, 5.74) is 0.946. The molecule has 0 spiro atoms. The van der Waals surface area contributed by atoms with E-state index in [4.69, 9.17) is 4.74 Å². The van der Waals surface area contributed by atoms with E-state index in [-0.39, 0.29) is 5.82 Å². The molecule has 1 aromatic heterocycles. The molecule has 98 valence electrons. The lowest BCUT2D eigenvalue weighted by atomic mass is 10.2. The lowest BCUT2D eigenvalue weighted by Gasteiger charge is -2.07. The molecule has 0 aliphatic rings. The topological polar surface area (TPSA) is 26.2 Å². The molecule has 3 nitrogen and oxygen atoms in total. The van der Waals surface area contributed by atoms with E-state index in [1.165, 1.54) is 6.07 Å². The average molecular weight is 250 g/mol. The summed E-state index contributed by atoms with van der Waals surface area (Å²) in [6.45, 7) is 6.01. The zero-order valence-corrected chi connectivity index (χ0v) is 10.7. The Hall–Kier alpha value is -1.39. The largest absolute Gasteiger partial charge is 0.380 e. The molecule has 0 aliphatic carbocycles. The predicted molar refractivity (Wildman–Crippen MR) is 71.3 cm³/mol. The van der Waals surface area contributed by atoms with Gasteiger partial charge in [0.2, 0.25) is 0 Å². The van der Waals surface area contributed by atoms with Crippen LogP contribution >= 0.6 is 0 Å². The molecule has 0 saturated heterocycles. The molecule has 2 aromatic rings. The number of benzene rings is 1. The Kier molecular flexibility index (Phi) is 4.73. The van der Waals surface area contributed by atoms with Crippen molar-refractivity contribution in [3.8, 4) is 0 Å². The Morgan fingerprint density at radius 2 is 2.17 bits per heavy atom. The number of aromatic nitrogens is 1. The van der Waals surface area contributed by atoms with Gasteiger partial charge < -0.3 is 14.6 Å². The summed E-state index contributed by atoms with van der Waals surface area (Å²) in [5.74, 6) is -0.188. The molecule has 0 bridgehead atoms. The molecule has 18 heavy (non-hydrogen) atoms. The molecule has 0 fully saturated rings. The first-order valence-electron chi connectivity index (χ1n) is 6.34. The van der Waals surface area contributed by atoms with Crippen LogP contribution in [-0.2, 0) is 11.3 Å². The van der Waals surface area contributed by atoms with Crippen molar-refractivity contribution in [3.05, 3.63) is 36.3 Å². The minimum Gasteiger partial charge on any atom is -0.380 e. The number of nitrogens with one attached hydrogen (secondary N) is 1. The molecule has 1 aromatic carbocycles. The fourth-order valence-corrected chi connectivity index (χ4v) is 1.97. The molecular weight excluding hydrogens is 231 g/mol. The van der Waals surface area contributed by atoms with Crippen molar-refractivity contribution in [2.24, 2.45) is 0 Å². The fourth-order valence-electron chi connectivity index (χ4n) is 1.97. The Bertz CT molecular complexity index is 495. The molecule has 0 radical (unpaired) electrons. The first-order valence-corrected chi connectivity index (χ1v) is 6.34. The molecule has 0 atom stereocenters. The van der Waals surface area contributed by atoms with Gasteiger partial charge in [-0.3, -0.25) is 0 Å². The average Bonchev–Trinajstić information content (AvgIpc) is 2.76. The van der Waals surface area contributed by atoms with E-state index in [2.05, 4.69) is 9.88 Å². The van der Waals surface area contributed by atoms with Crippen LogP contribution in [0.1, 0.15) is 6.92 Å². The van der Waals surface area contributed by atoms with Crippen LogP contribution in [0.2, 0.25) is 0 Å². The number of nitrogens with zero attached hydrogens (tertiary/aromatic N) is 1. The van der Waals surface area contributed by atoms with Crippen molar-refractivity contribution < 1.29 is 9.13 Å². The van der Waals surface area contributed by atoms with Gasteiger partial charge in [-0.25, -0.2) is 4.39 Å². The van der Waals surface area contributed by atoms with Crippen LogP contribution in [0, 0.1) is 5.82 Å². The van der Waals surface area contributed by atoms with Crippen LogP contribution < -0.4 is 5.32 Å². The Morgan fingerprint density at radius 1 is 1.28 bits per heavy atom. The van der Waals surface area contributed by atoms with Gasteiger partial charge >= 0.3 is 0 Å². The van der Waals surface area contributed by atoms with Gasteiger partial charge in [0.25, 0.3) is 0 Å². The number of rotatable bonds is 7. The molecule has 2 rings (SSSR count). The molecule has 0 saturated carbocycles. The third-order valence-electron chi connectivity index (χ3n) is 2.89. The van der Waals surface area contributed by atoms with Crippen molar-refractivity contribution in [1.82, 2.24) is 9.88 Å². The number of fused-ring (bicyclic) bond motifs is 1. The summed E-state index contributed by atoms with van der Waals surface area (Å²) in [7, 11) is 0. The number of hydrogen-bond acceptors (Lipinski definition) is 2. The molecule has 0 amide bonds. The summed E-state index contributed by atoms with van der Waals surface area (Å²) in [6, 6.07) is 6.89. The Labute approximate surface area is 107 Å². The minimum atomic E-state index is -0.188. The fraction of sp³-hybridized carbons (Fsp3) is 0.429. The van der Waals surface area contributed by atoms with E-state index in [0.717, 1.165) is 43.8 Å². The van der Waals surface area contributed by atoms with Crippen molar-refractivity contribution in [2.45, 2.75) is 13.5 Å². The number of ether oxygens (including phenoxy) is 1. The highest BCUT2D eigenvalue weighted by atomic mass is 19.1. The first-order chi connectivity index (χ1) is 8.81. The highest BCUT2D eigenvalue weighted by Crippen LogP contribution is 2.16. The monoisotopic (exact) mass is 250 g/mol. The standard InChI is InChI=1S/C14H19FN2O/c1-2-18-10-7-16-6-9-17-8-5-12-3-4-13(15)11-14(12)17/h3-5,8,11,16H,2,6-7,9-10H2,1H3. The third-order valence-corrected chi connectivity index (χ3v) is 2.89. The van der Waals surface area contributed by atoms with E-state index < -0.39 is 0 Å². The Morgan fingerprint density at radius 3 is 3.00 bits per heavy atom. The lowest BCUT2D eigenvalue weighted by molar-refractivity contribution is 0.149. The number of hydrogen-bond donors (Lipinski definition) is 1. The van der Waals surface area contributed by atoms with Crippen molar-refractivity contribution in [3.63, 3.8) is 0 Å². The maximum absolute atomic E-state index is 13.2. The van der Waals surface area contributed by atoms with Crippen molar-refractivity contribution in [2.75, 3.05) is 26.3 Å². The second-order valence-electron chi connectivity index (χ2n) is 4.16. The van der Waals surface area contributed by atoms with Gasteiger partial charge in [-0.1, -0.05) is 0 Å². The van der Waals surface area contributed by atoms with Crippen LogP contribution in [0.5, 0.6) is 0 Å². The highest BCUT2D eigenvalue weighted by Gasteiger charge is 2.01. The lowest BCUT2D eigenvalue weighted by Crippen LogP contribution is -2.23. The SMILES string of the molecule is CCOCCNCCn1ccc2ccc(F)cc21. The zero-order valence-electron chi connectivity index (χ0n) is 10.7.